The third-order valence-electron chi connectivity index (χ3n) is 2.83. The van der Waals surface area contributed by atoms with Gasteiger partial charge in [0.05, 0.1) is 12.1 Å². The Labute approximate surface area is 91.6 Å². The molecule has 1 saturated heterocycles. The molecule has 4 heteroatoms. The van der Waals surface area contributed by atoms with Crippen LogP contribution in [0.1, 0.15) is 33.1 Å². The minimum absolute atomic E-state index is 0.0579. The number of nitrogens with one attached hydrogen (secondary N) is 1. The highest BCUT2D eigenvalue weighted by Gasteiger charge is 2.26. The molecule has 2 N–H and O–H groups in total. The largest absolute Gasteiger partial charge is 0.392 e. The Morgan fingerprint density at radius 2 is 2.27 bits per heavy atom. The van der Waals surface area contributed by atoms with Gasteiger partial charge in [0, 0.05) is 19.6 Å². The quantitative estimate of drug-likeness (QED) is 0.713. The molecule has 0 aromatic rings. The first-order chi connectivity index (χ1) is 7.00. The number of piperidine rings is 1. The third kappa shape index (κ3) is 3.80. The van der Waals surface area contributed by atoms with E-state index in [1.54, 1.807) is 18.9 Å². The van der Waals surface area contributed by atoms with E-state index in [0.29, 0.717) is 12.6 Å². The van der Waals surface area contributed by atoms with E-state index >= 15 is 0 Å². The molecule has 0 saturated carbocycles. The molecule has 1 aliphatic heterocycles. The summed E-state index contributed by atoms with van der Waals surface area (Å²) in [7, 11) is 1.75. The standard InChI is InChI=1S/C11H22N2O2/c1-8-5-4-6-10(12-8)11(15)13(3)7-9(2)14/h8-10,12,14H,4-7H2,1-3H3. The van der Waals surface area contributed by atoms with Crippen LogP contribution in [0.2, 0.25) is 0 Å². The molecule has 15 heavy (non-hydrogen) atoms. The van der Waals surface area contributed by atoms with Crippen molar-refractivity contribution in [2.45, 2.75) is 51.3 Å². The van der Waals surface area contributed by atoms with Crippen LogP contribution in [0, 0.1) is 0 Å². The van der Waals surface area contributed by atoms with E-state index in [-0.39, 0.29) is 11.9 Å². The Hall–Kier alpha value is -0.610. The van der Waals surface area contributed by atoms with Gasteiger partial charge in [0.1, 0.15) is 0 Å². The van der Waals surface area contributed by atoms with Crippen molar-refractivity contribution >= 4 is 5.91 Å². The summed E-state index contributed by atoms with van der Waals surface area (Å²) in [6, 6.07) is 0.366. The normalized spacial score (nSPS) is 28.5. The minimum Gasteiger partial charge on any atom is -0.392 e. The lowest BCUT2D eigenvalue weighted by Crippen LogP contribution is -2.51. The molecule has 0 radical (unpaired) electrons. The first-order valence-electron chi connectivity index (χ1n) is 5.69. The maximum absolute atomic E-state index is 11.9. The van der Waals surface area contributed by atoms with Crippen LogP contribution >= 0.6 is 0 Å². The topological polar surface area (TPSA) is 52.6 Å². The van der Waals surface area contributed by atoms with Crippen LogP contribution in [0.4, 0.5) is 0 Å². The highest BCUT2D eigenvalue weighted by atomic mass is 16.3. The number of hydrogen-bond acceptors (Lipinski definition) is 3. The molecular weight excluding hydrogens is 192 g/mol. The van der Waals surface area contributed by atoms with Gasteiger partial charge in [-0.15, -0.1) is 0 Å². The number of aliphatic hydroxyl groups excluding tert-OH is 1. The molecule has 1 heterocycles. The number of rotatable bonds is 3. The van der Waals surface area contributed by atoms with E-state index in [4.69, 9.17) is 0 Å². The number of carbonyl (C=O) groups is 1. The molecule has 0 aliphatic carbocycles. The fraction of sp³-hybridized carbons (Fsp3) is 0.909. The number of hydrogen-bond donors (Lipinski definition) is 2. The summed E-state index contributed by atoms with van der Waals surface area (Å²) in [4.78, 5) is 13.5. The smallest absolute Gasteiger partial charge is 0.239 e. The maximum Gasteiger partial charge on any atom is 0.239 e. The van der Waals surface area contributed by atoms with E-state index in [2.05, 4.69) is 12.2 Å². The predicted octanol–water partition coefficient (Wildman–Crippen LogP) is 0.356. The van der Waals surface area contributed by atoms with E-state index in [1.165, 1.54) is 0 Å². The molecule has 0 bridgehead atoms. The fourth-order valence-corrected chi connectivity index (χ4v) is 2.09. The van der Waals surface area contributed by atoms with Crippen LogP contribution in [0.25, 0.3) is 0 Å². The summed E-state index contributed by atoms with van der Waals surface area (Å²) >= 11 is 0. The van der Waals surface area contributed by atoms with Gasteiger partial charge in [-0.25, -0.2) is 0 Å². The number of nitrogens with zero attached hydrogens (tertiary/aromatic N) is 1. The average molecular weight is 214 g/mol. The van der Waals surface area contributed by atoms with Crippen molar-refractivity contribution in [1.29, 1.82) is 0 Å². The van der Waals surface area contributed by atoms with Crippen molar-refractivity contribution < 1.29 is 9.90 Å². The lowest BCUT2D eigenvalue weighted by Gasteiger charge is -2.31. The van der Waals surface area contributed by atoms with Crippen molar-refractivity contribution in [2.24, 2.45) is 0 Å². The van der Waals surface area contributed by atoms with E-state index in [9.17, 15) is 9.90 Å². The summed E-state index contributed by atoms with van der Waals surface area (Å²) in [5.74, 6) is 0.0995. The van der Waals surface area contributed by atoms with Crippen molar-refractivity contribution in [2.75, 3.05) is 13.6 Å². The molecule has 1 aliphatic rings. The zero-order valence-electron chi connectivity index (χ0n) is 9.86. The second-order valence-electron chi connectivity index (χ2n) is 4.62. The summed E-state index contributed by atoms with van der Waals surface area (Å²) < 4.78 is 0. The van der Waals surface area contributed by atoms with Gasteiger partial charge in [0.2, 0.25) is 5.91 Å². The zero-order chi connectivity index (χ0) is 11.4. The Morgan fingerprint density at radius 3 is 2.80 bits per heavy atom. The molecule has 1 fully saturated rings. The summed E-state index contributed by atoms with van der Waals surface area (Å²) in [5.41, 5.74) is 0. The van der Waals surface area contributed by atoms with Crippen LogP contribution < -0.4 is 5.32 Å². The molecule has 1 amide bonds. The molecule has 0 aromatic carbocycles. The highest BCUT2D eigenvalue weighted by molar-refractivity contribution is 5.81. The predicted molar refractivity (Wildman–Crippen MR) is 59.6 cm³/mol. The van der Waals surface area contributed by atoms with Crippen molar-refractivity contribution in [3.05, 3.63) is 0 Å². The van der Waals surface area contributed by atoms with Gasteiger partial charge in [-0.2, -0.15) is 0 Å². The summed E-state index contributed by atoms with van der Waals surface area (Å²) in [5, 5.41) is 12.5. The first kappa shape index (κ1) is 12.5. The Bertz CT molecular complexity index is 219. The zero-order valence-corrected chi connectivity index (χ0v) is 9.86. The van der Waals surface area contributed by atoms with Crippen LogP contribution in [-0.4, -0.2) is 47.7 Å². The average Bonchev–Trinajstić information content (AvgIpc) is 2.15. The van der Waals surface area contributed by atoms with Crippen LogP contribution in [0.15, 0.2) is 0 Å². The number of aliphatic hydroxyl groups is 1. The fourth-order valence-electron chi connectivity index (χ4n) is 2.09. The first-order valence-corrected chi connectivity index (χ1v) is 5.69. The van der Waals surface area contributed by atoms with Crippen molar-refractivity contribution in [3.8, 4) is 0 Å². The van der Waals surface area contributed by atoms with E-state index in [0.717, 1.165) is 19.3 Å². The highest BCUT2D eigenvalue weighted by Crippen LogP contribution is 2.13. The number of likely N-dealkylation sites (N-methyl/N-ethyl adjacent to an activating group) is 1. The Balaban J connectivity index is 2.44. The van der Waals surface area contributed by atoms with Crippen LogP contribution in [-0.2, 0) is 4.79 Å². The SMILES string of the molecule is CC(O)CN(C)C(=O)C1CCCC(C)N1. The molecule has 0 spiro atoms. The minimum atomic E-state index is -0.458. The van der Waals surface area contributed by atoms with E-state index < -0.39 is 6.10 Å². The third-order valence-corrected chi connectivity index (χ3v) is 2.83. The second-order valence-corrected chi connectivity index (χ2v) is 4.62. The van der Waals surface area contributed by atoms with Crippen molar-refractivity contribution in [1.82, 2.24) is 10.2 Å². The summed E-state index contributed by atoms with van der Waals surface area (Å²) in [6.07, 6.45) is 2.70. The van der Waals surface area contributed by atoms with E-state index in [1.807, 2.05) is 0 Å². The monoisotopic (exact) mass is 214 g/mol. The van der Waals surface area contributed by atoms with Gasteiger partial charge in [-0.1, -0.05) is 0 Å². The maximum atomic E-state index is 11.9. The summed E-state index contributed by atoms with van der Waals surface area (Å²) in [6.45, 7) is 4.21. The Kier molecular flexibility index (Phi) is 4.54. The van der Waals surface area contributed by atoms with Gasteiger partial charge in [0.15, 0.2) is 0 Å². The Morgan fingerprint density at radius 1 is 1.60 bits per heavy atom. The number of amides is 1. The van der Waals surface area contributed by atoms with Gasteiger partial charge < -0.3 is 15.3 Å². The van der Waals surface area contributed by atoms with Gasteiger partial charge >= 0.3 is 0 Å². The van der Waals surface area contributed by atoms with Crippen LogP contribution in [0.3, 0.4) is 0 Å². The van der Waals surface area contributed by atoms with Gasteiger partial charge in [0.25, 0.3) is 0 Å². The second kappa shape index (κ2) is 5.47. The van der Waals surface area contributed by atoms with Crippen LogP contribution in [0.5, 0.6) is 0 Å². The molecule has 3 atom stereocenters. The molecule has 88 valence electrons. The molecule has 1 rings (SSSR count). The molecule has 3 unspecified atom stereocenters. The molecular formula is C11H22N2O2. The lowest BCUT2D eigenvalue weighted by molar-refractivity contribution is -0.134. The lowest BCUT2D eigenvalue weighted by atomic mass is 9.99. The van der Waals surface area contributed by atoms with Gasteiger partial charge in [-0.3, -0.25) is 4.79 Å². The molecule has 0 aromatic heterocycles. The number of carbonyl (C=O) groups excluding carboxylic acids is 1. The van der Waals surface area contributed by atoms with Crippen molar-refractivity contribution in [3.63, 3.8) is 0 Å². The molecule has 4 nitrogen and oxygen atoms in total. The van der Waals surface area contributed by atoms with Gasteiger partial charge in [-0.05, 0) is 33.1 Å².